The number of fused-ring (bicyclic) bond motifs is 1. The van der Waals surface area contributed by atoms with Crippen molar-refractivity contribution in [3.63, 3.8) is 0 Å². The van der Waals surface area contributed by atoms with Gasteiger partial charge in [-0.15, -0.1) is 0 Å². The van der Waals surface area contributed by atoms with Crippen LogP contribution in [0.2, 0.25) is 0 Å². The molecule has 0 atom stereocenters. The molecule has 1 saturated heterocycles. The first kappa shape index (κ1) is 23.5. The van der Waals surface area contributed by atoms with E-state index in [2.05, 4.69) is 16.5 Å². The Labute approximate surface area is 197 Å². The van der Waals surface area contributed by atoms with E-state index in [0.29, 0.717) is 49.4 Å². The van der Waals surface area contributed by atoms with Gasteiger partial charge in [0.25, 0.3) is 11.5 Å². The third kappa shape index (κ3) is 4.55. The number of piperidine rings is 1. The van der Waals surface area contributed by atoms with E-state index in [1.54, 1.807) is 17.9 Å². The number of aryl methyl sites for hydroxylation is 1. The SMILES string of the molecule is Cc1nn2c(O)c(C(=O)NC3CC3)c(=O)n(CC(C)C)c2c1C=CC(=O)N1CCC(C#N)CC1. The predicted octanol–water partition coefficient (Wildman–Crippen LogP) is 1.83. The van der Waals surface area contributed by atoms with Crippen molar-refractivity contribution >= 4 is 23.5 Å². The van der Waals surface area contributed by atoms with E-state index in [4.69, 9.17) is 5.26 Å². The van der Waals surface area contributed by atoms with Gasteiger partial charge in [0.1, 0.15) is 5.65 Å². The Hall–Kier alpha value is -3.61. The summed E-state index contributed by atoms with van der Waals surface area (Å²) in [4.78, 5) is 40.5. The van der Waals surface area contributed by atoms with Crippen LogP contribution in [0.15, 0.2) is 10.9 Å². The molecule has 1 saturated carbocycles. The predicted molar refractivity (Wildman–Crippen MR) is 125 cm³/mol. The van der Waals surface area contributed by atoms with Gasteiger partial charge in [0, 0.05) is 43.2 Å². The Balaban J connectivity index is 1.74. The summed E-state index contributed by atoms with van der Waals surface area (Å²) in [6.07, 6.45) is 6.06. The lowest BCUT2D eigenvalue weighted by atomic mass is 9.98. The number of carbonyl (C=O) groups excluding carboxylic acids is 2. The minimum absolute atomic E-state index is 0.0188. The highest BCUT2D eigenvalue weighted by Gasteiger charge is 2.30. The van der Waals surface area contributed by atoms with Gasteiger partial charge in [0.2, 0.25) is 11.8 Å². The molecule has 4 rings (SSSR count). The first-order valence-corrected chi connectivity index (χ1v) is 11.7. The number of carbonyl (C=O) groups is 2. The van der Waals surface area contributed by atoms with E-state index < -0.39 is 17.3 Å². The van der Waals surface area contributed by atoms with Crippen LogP contribution in [0.4, 0.5) is 0 Å². The molecule has 0 aromatic carbocycles. The largest absolute Gasteiger partial charge is 0.492 e. The number of nitrogens with one attached hydrogen (secondary N) is 1. The topological polar surface area (TPSA) is 133 Å². The number of nitrogens with zero attached hydrogens (tertiary/aromatic N) is 5. The van der Waals surface area contributed by atoms with Gasteiger partial charge in [0.05, 0.1) is 11.8 Å². The average Bonchev–Trinajstić information content (AvgIpc) is 3.55. The second kappa shape index (κ2) is 9.33. The molecule has 10 nitrogen and oxygen atoms in total. The van der Waals surface area contributed by atoms with Crippen molar-refractivity contribution in [3.05, 3.63) is 33.3 Å². The van der Waals surface area contributed by atoms with Crippen LogP contribution in [0, 0.1) is 30.1 Å². The molecule has 0 spiro atoms. The molecular formula is C24H30N6O4. The summed E-state index contributed by atoms with van der Waals surface area (Å²) in [5, 5.41) is 27.1. The van der Waals surface area contributed by atoms with E-state index in [-0.39, 0.29) is 29.3 Å². The van der Waals surface area contributed by atoms with Gasteiger partial charge in [-0.2, -0.15) is 14.9 Å². The Morgan fingerprint density at radius 1 is 1.26 bits per heavy atom. The third-order valence-corrected chi connectivity index (χ3v) is 6.29. The molecule has 1 aliphatic carbocycles. The van der Waals surface area contributed by atoms with Crippen molar-refractivity contribution in [2.45, 2.75) is 59.0 Å². The van der Waals surface area contributed by atoms with Gasteiger partial charge >= 0.3 is 0 Å². The zero-order valence-corrected chi connectivity index (χ0v) is 19.7. The molecule has 2 aromatic rings. The molecule has 180 valence electrons. The Kier molecular flexibility index (Phi) is 6.46. The zero-order chi connectivity index (χ0) is 24.6. The maximum atomic E-state index is 13.4. The lowest BCUT2D eigenvalue weighted by molar-refractivity contribution is -0.127. The van der Waals surface area contributed by atoms with Gasteiger partial charge in [-0.05, 0) is 44.6 Å². The van der Waals surface area contributed by atoms with Gasteiger partial charge in [0.15, 0.2) is 5.56 Å². The van der Waals surface area contributed by atoms with Crippen molar-refractivity contribution < 1.29 is 14.7 Å². The van der Waals surface area contributed by atoms with Crippen LogP contribution in [0.1, 0.15) is 61.1 Å². The van der Waals surface area contributed by atoms with E-state index in [1.165, 1.54) is 15.2 Å². The summed E-state index contributed by atoms with van der Waals surface area (Å²) in [6.45, 7) is 6.98. The summed E-state index contributed by atoms with van der Waals surface area (Å²) < 4.78 is 2.66. The van der Waals surface area contributed by atoms with Crippen LogP contribution >= 0.6 is 0 Å². The maximum Gasteiger partial charge on any atom is 0.270 e. The highest BCUT2D eigenvalue weighted by atomic mass is 16.3. The second-order valence-electron chi connectivity index (χ2n) is 9.55. The minimum Gasteiger partial charge on any atom is -0.492 e. The second-order valence-corrected chi connectivity index (χ2v) is 9.55. The minimum atomic E-state index is -0.606. The number of aromatic hydroxyl groups is 1. The molecule has 2 aromatic heterocycles. The molecule has 2 N–H and O–H groups in total. The lowest BCUT2D eigenvalue weighted by Crippen LogP contribution is -2.37. The summed E-state index contributed by atoms with van der Waals surface area (Å²) in [7, 11) is 0. The number of aromatic nitrogens is 3. The van der Waals surface area contributed by atoms with Gasteiger partial charge in [-0.3, -0.25) is 19.0 Å². The van der Waals surface area contributed by atoms with Crippen molar-refractivity contribution in [1.29, 1.82) is 5.26 Å². The number of hydrogen-bond acceptors (Lipinski definition) is 6. The number of amides is 2. The summed E-state index contributed by atoms with van der Waals surface area (Å²) in [5.74, 6) is -1.23. The lowest BCUT2D eigenvalue weighted by Gasteiger charge is -2.28. The highest BCUT2D eigenvalue weighted by molar-refractivity contribution is 5.97. The van der Waals surface area contributed by atoms with Crippen molar-refractivity contribution in [2.75, 3.05) is 13.1 Å². The fourth-order valence-electron chi connectivity index (χ4n) is 4.27. The fourth-order valence-corrected chi connectivity index (χ4v) is 4.27. The van der Waals surface area contributed by atoms with Crippen molar-refractivity contribution in [2.24, 2.45) is 11.8 Å². The quantitative estimate of drug-likeness (QED) is 0.624. The monoisotopic (exact) mass is 466 g/mol. The van der Waals surface area contributed by atoms with Crippen LogP contribution in [-0.4, -0.2) is 55.1 Å². The normalized spacial score (nSPS) is 17.0. The van der Waals surface area contributed by atoms with Crippen molar-refractivity contribution in [1.82, 2.24) is 24.4 Å². The molecule has 2 amide bonds. The molecule has 34 heavy (non-hydrogen) atoms. The summed E-state index contributed by atoms with van der Waals surface area (Å²) in [6, 6.07) is 2.28. The summed E-state index contributed by atoms with van der Waals surface area (Å²) >= 11 is 0. The van der Waals surface area contributed by atoms with Crippen LogP contribution in [0.5, 0.6) is 5.88 Å². The van der Waals surface area contributed by atoms with E-state index in [1.807, 2.05) is 13.8 Å². The first-order valence-electron chi connectivity index (χ1n) is 11.7. The maximum absolute atomic E-state index is 13.4. The van der Waals surface area contributed by atoms with E-state index >= 15 is 0 Å². The smallest absolute Gasteiger partial charge is 0.270 e. The molecule has 0 radical (unpaired) electrons. The zero-order valence-electron chi connectivity index (χ0n) is 19.7. The van der Waals surface area contributed by atoms with Gasteiger partial charge in [-0.1, -0.05) is 13.8 Å². The molecular weight excluding hydrogens is 436 g/mol. The number of likely N-dealkylation sites (tertiary alicyclic amines) is 1. The first-order chi connectivity index (χ1) is 16.2. The molecule has 2 aliphatic rings. The number of hydrogen-bond donors (Lipinski definition) is 2. The average molecular weight is 467 g/mol. The van der Waals surface area contributed by atoms with Crippen molar-refractivity contribution in [3.8, 4) is 11.9 Å². The fraction of sp³-hybridized carbons (Fsp3) is 0.542. The molecule has 3 heterocycles. The molecule has 1 aliphatic heterocycles. The van der Waals surface area contributed by atoms with E-state index in [9.17, 15) is 19.5 Å². The molecule has 10 heteroatoms. The Morgan fingerprint density at radius 2 is 1.94 bits per heavy atom. The summed E-state index contributed by atoms with van der Waals surface area (Å²) in [5.41, 5.74) is 0.469. The number of rotatable bonds is 6. The van der Waals surface area contributed by atoms with Gasteiger partial charge < -0.3 is 15.3 Å². The van der Waals surface area contributed by atoms with E-state index in [0.717, 1.165) is 12.8 Å². The molecule has 2 fully saturated rings. The number of nitriles is 1. The van der Waals surface area contributed by atoms with Crippen LogP contribution in [-0.2, 0) is 11.3 Å². The standard InChI is InChI=1S/C24H30N6O4/c1-14(2)13-29-22-18(6-7-19(31)28-10-8-16(12-25)9-11-28)15(3)27-30(22)24(34)20(23(29)33)21(32)26-17-4-5-17/h6-7,14,16-17,34H,4-5,8-11,13H2,1-3H3,(H,26,32). The highest BCUT2D eigenvalue weighted by Crippen LogP contribution is 2.25. The molecule has 0 unspecified atom stereocenters. The van der Waals surface area contributed by atoms with Crippen LogP contribution in [0.3, 0.4) is 0 Å². The third-order valence-electron chi connectivity index (χ3n) is 6.29. The Morgan fingerprint density at radius 3 is 2.53 bits per heavy atom. The van der Waals surface area contributed by atoms with Crippen LogP contribution < -0.4 is 10.9 Å². The van der Waals surface area contributed by atoms with Crippen LogP contribution in [0.25, 0.3) is 11.7 Å². The molecule has 0 bridgehead atoms. The Bertz CT molecular complexity index is 1250. The van der Waals surface area contributed by atoms with Gasteiger partial charge in [-0.25, -0.2) is 0 Å².